The van der Waals surface area contributed by atoms with Crippen LogP contribution in [0.25, 0.3) is 0 Å². The molecule has 0 aliphatic carbocycles. The normalized spacial score (nSPS) is 12.0. The number of halogens is 1. The second kappa shape index (κ2) is 9.63. The fourth-order valence-corrected chi connectivity index (χ4v) is 3.63. The number of anilines is 2. The van der Waals surface area contributed by atoms with Gasteiger partial charge in [-0.3, -0.25) is 9.52 Å². The van der Waals surface area contributed by atoms with Crippen LogP contribution in [0.5, 0.6) is 11.6 Å². The first kappa shape index (κ1) is 22.3. The molecule has 1 aromatic heterocycles. The molecule has 0 bridgehead atoms. The van der Waals surface area contributed by atoms with Crippen LogP contribution in [0, 0.1) is 0 Å². The molecule has 1 unspecified atom stereocenters. The number of amides is 1. The summed E-state index contributed by atoms with van der Waals surface area (Å²) in [6, 6.07) is 13.8. The molecule has 162 valence electrons. The predicted octanol–water partition coefficient (Wildman–Crippen LogP) is 3.35. The Bertz CT molecular complexity index is 1170. The molecule has 9 nitrogen and oxygen atoms in total. The zero-order chi connectivity index (χ0) is 22.4. The second-order valence-corrected chi connectivity index (χ2v) is 8.34. The Morgan fingerprint density at radius 3 is 2.48 bits per heavy atom. The summed E-state index contributed by atoms with van der Waals surface area (Å²) >= 11 is 6.03. The quantitative estimate of drug-likeness (QED) is 0.526. The number of hydrogen-bond donors (Lipinski definition) is 2. The molecule has 1 atom stereocenters. The summed E-state index contributed by atoms with van der Waals surface area (Å²) in [6.07, 6.45) is 0.360. The van der Waals surface area contributed by atoms with E-state index in [1.165, 1.54) is 43.8 Å². The van der Waals surface area contributed by atoms with Crippen LogP contribution in [0.4, 0.5) is 11.5 Å². The summed E-state index contributed by atoms with van der Waals surface area (Å²) in [5.74, 6) is 0.260. The van der Waals surface area contributed by atoms with Crippen molar-refractivity contribution >= 4 is 39.0 Å². The van der Waals surface area contributed by atoms with Crippen molar-refractivity contribution in [2.75, 3.05) is 17.1 Å². The Kier molecular flexibility index (Phi) is 6.93. The van der Waals surface area contributed by atoms with Crippen molar-refractivity contribution in [3.8, 4) is 11.6 Å². The number of carbonyl (C=O) groups is 1. The van der Waals surface area contributed by atoms with Crippen LogP contribution >= 0.6 is 11.6 Å². The number of methoxy groups -OCH3 is 1. The van der Waals surface area contributed by atoms with E-state index < -0.39 is 22.0 Å². The Hall–Kier alpha value is -3.37. The largest absolute Gasteiger partial charge is 0.481 e. The number of para-hydroxylation sites is 1. The topological polar surface area (TPSA) is 120 Å². The number of nitrogens with zero attached hydrogens (tertiary/aromatic N) is 2. The monoisotopic (exact) mass is 462 g/mol. The predicted molar refractivity (Wildman–Crippen MR) is 116 cm³/mol. The molecular weight excluding hydrogens is 444 g/mol. The lowest BCUT2D eigenvalue weighted by Gasteiger charge is -2.15. The highest BCUT2D eigenvalue weighted by atomic mass is 35.5. The van der Waals surface area contributed by atoms with Crippen LogP contribution in [-0.2, 0) is 14.8 Å². The molecule has 2 N–H and O–H groups in total. The molecule has 0 aliphatic heterocycles. The summed E-state index contributed by atoms with van der Waals surface area (Å²) in [4.78, 5) is 20.0. The average molecular weight is 463 g/mol. The molecule has 2 aromatic carbocycles. The van der Waals surface area contributed by atoms with E-state index in [1.54, 1.807) is 31.2 Å². The molecule has 0 aliphatic rings. The van der Waals surface area contributed by atoms with E-state index >= 15 is 0 Å². The maximum Gasteiger partial charge on any atom is 0.265 e. The smallest absolute Gasteiger partial charge is 0.265 e. The summed E-state index contributed by atoms with van der Waals surface area (Å²) in [6.45, 7) is 1.58. The van der Waals surface area contributed by atoms with Crippen LogP contribution in [0.2, 0.25) is 5.02 Å². The number of aromatic nitrogens is 2. The average Bonchev–Trinajstić information content (AvgIpc) is 2.75. The number of sulfonamides is 1. The Morgan fingerprint density at radius 2 is 1.81 bits per heavy atom. The minimum atomic E-state index is -3.89. The van der Waals surface area contributed by atoms with Crippen LogP contribution in [0.3, 0.4) is 0 Å². The minimum absolute atomic E-state index is 0.0107. The number of hydrogen-bond acceptors (Lipinski definition) is 7. The lowest BCUT2D eigenvalue weighted by atomic mass is 10.3. The Balaban J connectivity index is 1.65. The van der Waals surface area contributed by atoms with Crippen molar-refractivity contribution in [1.29, 1.82) is 0 Å². The SMILES string of the molecule is COc1cc(NS(=O)(=O)c2ccc(NC(=O)C(C)Oc3ccccc3Cl)cc2)ncn1. The van der Waals surface area contributed by atoms with E-state index in [-0.39, 0.29) is 16.6 Å². The first-order valence-electron chi connectivity index (χ1n) is 8.99. The van der Waals surface area contributed by atoms with Crippen LogP contribution in [-0.4, -0.2) is 37.5 Å². The van der Waals surface area contributed by atoms with E-state index in [4.69, 9.17) is 21.1 Å². The molecule has 1 amide bonds. The van der Waals surface area contributed by atoms with Gasteiger partial charge in [-0.2, -0.15) is 0 Å². The summed E-state index contributed by atoms with van der Waals surface area (Å²) in [5.41, 5.74) is 0.405. The van der Waals surface area contributed by atoms with Gasteiger partial charge in [0.2, 0.25) is 5.88 Å². The molecular formula is C20H19ClN4O5S. The second-order valence-electron chi connectivity index (χ2n) is 6.26. The van der Waals surface area contributed by atoms with E-state index in [9.17, 15) is 13.2 Å². The van der Waals surface area contributed by atoms with Gasteiger partial charge in [-0.1, -0.05) is 23.7 Å². The third-order valence-corrected chi connectivity index (χ3v) is 5.71. The fraction of sp³-hybridized carbons (Fsp3) is 0.150. The molecule has 3 aromatic rings. The van der Waals surface area contributed by atoms with Gasteiger partial charge < -0.3 is 14.8 Å². The standard InChI is InChI=1S/C20H19ClN4O5S/c1-13(30-17-6-4-3-5-16(17)21)20(26)24-14-7-9-15(10-8-14)31(27,28)25-18-11-19(29-2)23-12-22-18/h3-13H,1-2H3,(H,24,26)(H,22,23,25). The van der Waals surface area contributed by atoms with Crippen LogP contribution < -0.4 is 19.5 Å². The molecule has 31 heavy (non-hydrogen) atoms. The Morgan fingerprint density at radius 1 is 1.10 bits per heavy atom. The molecule has 1 heterocycles. The Labute approximate surface area is 184 Å². The molecule has 11 heteroatoms. The van der Waals surface area contributed by atoms with Gasteiger partial charge in [-0.05, 0) is 43.3 Å². The highest BCUT2D eigenvalue weighted by molar-refractivity contribution is 7.92. The van der Waals surface area contributed by atoms with Crippen molar-refractivity contribution in [1.82, 2.24) is 9.97 Å². The lowest BCUT2D eigenvalue weighted by Crippen LogP contribution is -2.30. The van der Waals surface area contributed by atoms with E-state index in [0.717, 1.165) is 0 Å². The molecule has 0 saturated carbocycles. The summed E-state index contributed by atoms with van der Waals surface area (Å²) in [7, 11) is -2.48. The highest BCUT2D eigenvalue weighted by Crippen LogP contribution is 2.24. The third kappa shape index (κ3) is 5.83. The van der Waals surface area contributed by atoms with Gasteiger partial charge in [0.25, 0.3) is 15.9 Å². The van der Waals surface area contributed by atoms with Gasteiger partial charge in [0.05, 0.1) is 17.0 Å². The van der Waals surface area contributed by atoms with Gasteiger partial charge in [0, 0.05) is 11.8 Å². The maximum atomic E-state index is 12.5. The van der Waals surface area contributed by atoms with Crippen molar-refractivity contribution in [2.45, 2.75) is 17.9 Å². The van der Waals surface area contributed by atoms with Gasteiger partial charge >= 0.3 is 0 Å². The lowest BCUT2D eigenvalue weighted by molar-refractivity contribution is -0.122. The van der Waals surface area contributed by atoms with Gasteiger partial charge in [-0.25, -0.2) is 18.4 Å². The fourth-order valence-electron chi connectivity index (χ4n) is 2.45. The van der Waals surface area contributed by atoms with E-state index in [2.05, 4.69) is 20.0 Å². The van der Waals surface area contributed by atoms with Crippen molar-refractivity contribution in [2.24, 2.45) is 0 Å². The third-order valence-electron chi connectivity index (χ3n) is 4.03. The van der Waals surface area contributed by atoms with Gasteiger partial charge in [0.15, 0.2) is 6.10 Å². The van der Waals surface area contributed by atoms with Crippen LogP contribution in [0.15, 0.2) is 65.8 Å². The first-order valence-corrected chi connectivity index (χ1v) is 10.9. The number of carbonyl (C=O) groups excluding carboxylic acids is 1. The highest BCUT2D eigenvalue weighted by Gasteiger charge is 2.18. The first-order chi connectivity index (χ1) is 14.8. The molecule has 0 spiro atoms. The molecule has 0 fully saturated rings. The van der Waals surface area contributed by atoms with Crippen molar-refractivity contribution in [3.05, 3.63) is 65.9 Å². The molecule has 3 rings (SSSR count). The number of ether oxygens (including phenoxy) is 2. The molecule has 0 saturated heterocycles. The number of nitrogens with one attached hydrogen (secondary N) is 2. The van der Waals surface area contributed by atoms with Crippen molar-refractivity contribution < 1.29 is 22.7 Å². The number of rotatable bonds is 8. The van der Waals surface area contributed by atoms with Gasteiger partial charge in [-0.15, -0.1) is 0 Å². The molecule has 0 radical (unpaired) electrons. The minimum Gasteiger partial charge on any atom is -0.481 e. The zero-order valence-corrected chi connectivity index (χ0v) is 18.1. The van der Waals surface area contributed by atoms with Crippen molar-refractivity contribution in [3.63, 3.8) is 0 Å². The van der Waals surface area contributed by atoms with Gasteiger partial charge in [0.1, 0.15) is 17.9 Å². The van der Waals surface area contributed by atoms with Crippen LogP contribution in [0.1, 0.15) is 6.92 Å². The van der Waals surface area contributed by atoms with E-state index in [1.807, 2.05) is 0 Å². The summed E-state index contributed by atoms with van der Waals surface area (Å²) < 4.78 is 38.0. The zero-order valence-electron chi connectivity index (χ0n) is 16.6. The maximum absolute atomic E-state index is 12.5. The summed E-state index contributed by atoms with van der Waals surface area (Å²) in [5, 5.41) is 3.06. The number of benzene rings is 2. The van der Waals surface area contributed by atoms with E-state index in [0.29, 0.717) is 16.5 Å².